The molecule has 19 heavy (non-hydrogen) atoms. The Bertz CT molecular complexity index is 529. The van der Waals surface area contributed by atoms with E-state index >= 15 is 0 Å². The monoisotopic (exact) mass is 259 g/mol. The second kappa shape index (κ2) is 5.78. The molecule has 0 spiro atoms. The first-order valence-electron chi connectivity index (χ1n) is 6.53. The lowest BCUT2D eigenvalue weighted by Crippen LogP contribution is -2.07. The first-order chi connectivity index (χ1) is 9.08. The average Bonchev–Trinajstić information content (AvgIpc) is 2.69. The van der Waals surface area contributed by atoms with E-state index < -0.39 is 0 Å². The van der Waals surface area contributed by atoms with Gasteiger partial charge in [0.05, 0.1) is 12.8 Å². The zero-order valence-corrected chi connectivity index (χ0v) is 12.0. The van der Waals surface area contributed by atoms with Gasteiger partial charge in [0.2, 0.25) is 5.95 Å². The molecule has 0 bridgehead atoms. The summed E-state index contributed by atoms with van der Waals surface area (Å²) in [4.78, 5) is 4.52. The molecular weight excluding hydrogens is 238 g/mol. The molecule has 1 aromatic carbocycles. The van der Waals surface area contributed by atoms with Gasteiger partial charge in [-0.25, -0.2) is 4.98 Å². The molecule has 0 aliphatic heterocycles. The number of benzene rings is 1. The highest BCUT2D eigenvalue weighted by molar-refractivity contribution is 5.55. The fourth-order valence-corrected chi connectivity index (χ4v) is 1.98. The predicted molar refractivity (Wildman–Crippen MR) is 78.1 cm³/mol. The molecule has 1 heterocycles. The maximum Gasteiger partial charge on any atom is 0.207 e. The van der Waals surface area contributed by atoms with Crippen LogP contribution >= 0.6 is 0 Å². The molecule has 0 radical (unpaired) electrons. The fourth-order valence-electron chi connectivity index (χ4n) is 1.98. The zero-order chi connectivity index (χ0) is 13.8. The molecule has 0 fully saturated rings. The molecule has 0 saturated heterocycles. The highest BCUT2D eigenvalue weighted by Crippen LogP contribution is 2.20. The van der Waals surface area contributed by atoms with Gasteiger partial charge >= 0.3 is 0 Å². The topological polar surface area (TPSA) is 39.1 Å². The average molecular weight is 259 g/mol. The molecule has 1 N–H and O–H groups in total. The Kier molecular flexibility index (Phi) is 4.10. The Morgan fingerprint density at radius 2 is 1.95 bits per heavy atom. The van der Waals surface area contributed by atoms with Gasteiger partial charge < -0.3 is 14.6 Å². The van der Waals surface area contributed by atoms with Gasteiger partial charge in [0.1, 0.15) is 5.75 Å². The Morgan fingerprint density at radius 3 is 2.53 bits per heavy atom. The van der Waals surface area contributed by atoms with Crippen LogP contribution in [0.2, 0.25) is 0 Å². The largest absolute Gasteiger partial charge is 0.497 e. The molecule has 4 nitrogen and oxygen atoms in total. The van der Waals surface area contributed by atoms with Gasteiger partial charge in [-0.15, -0.1) is 0 Å². The molecule has 0 aliphatic carbocycles. The number of nitrogens with one attached hydrogen (secondary N) is 1. The minimum Gasteiger partial charge on any atom is -0.497 e. The SMILES string of the molecule is COc1ccc(Nc2nc(C)cn2CC(C)C)cc1. The van der Waals surface area contributed by atoms with Crippen LogP contribution in [0.4, 0.5) is 11.6 Å². The van der Waals surface area contributed by atoms with E-state index in [1.165, 1.54) is 0 Å². The second-order valence-electron chi connectivity index (χ2n) is 5.11. The van der Waals surface area contributed by atoms with Gasteiger partial charge in [0.25, 0.3) is 0 Å². The maximum absolute atomic E-state index is 5.15. The van der Waals surface area contributed by atoms with Crippen molar-refractivity contribution in [2.24, 2.45) is 5.92 Å². The summed E-state index contributed by atoms with van der Waals surface area (Å²) in [5, 5.41) is 3.35. The third-order valence-electron chi connectivity index (χ3n) is 2.80. The van der Waals surface area contributed by atoms with E-state index in [0.717, 1.165) is 29.6 Å². The van der Waals surface area contributed by atoms with Crippen LogP contribution in [0.25, 0.3) is 0 Å². The number of imidazole rings is 1. The number of nitrogens with zero attached hydrogens (tertiary/aromatic N) is 2. The summed E-state index contributed by atoms with van der Waals surface area (Å²) in [7, 11) is 1.67. The van der Waals surface area contributed by atoms with E-state index in [2.05, 4.69) is 34.9 Å². The summed E-state index contributed by atoms with van der Waals surface area (Å²) in [5.74, 6) is 2.33. The maximum atomic E-state index is 5.15. The first kappa shape index (κ1) is 13.5. The van der Waals surface area contributed by atoms with Crippen molar-refractivity contribution in [3.63, 3.8) is 0 Å². The minimum absolute atomic E-state index is 0.588. The number of anilines is 2. The second-order valence-corrected chi connectivity index (χ2v) is 5.11. The van der Waals surface area contributed by atoms with Crippen LogP contribution in [0.5, 0.6) is 5.75 Å². The molecule has 0 amide bonds. The van der Waals surface area contributed by atoms with E-state index in [0.29, 0.717) is 5.92 Å². The van der Waals surface area contributed by atoms with Crippen LogP contribution in [0, 0.1) is 12.8 Å². The smallest absolute Gasteiger partial charge is 0.207 e. The van der Waals surface area contributed by atoms with Crippen LogP contribution in [0.1, 0.15) is 19.5 Å². The summed E-state index contributed by atoms with van der Waals surface area (Å²) in [6.07, 6.45) is 2.08. The van der Waals surface area contributed by atoms with Gasteiger partial charge in [0.15, 0.2) is 0 Å². The molecule has 0 unspecified atom stereocenters. The molecule has 0 saturated carbocycles. The van der Waals surface area contributed by atoms with Crippen molar-refractivity contribution in [2.75, 3.05) is 12.4 Å². The van der Waals surface area contributed by atoms with Crippen LogP contribution in [0.3, 0.4) is 0 Å². The first-order valence-corrected chi connectivity index (χ1v) is 6.53. The number of hydrogen-bond donors (Lipinski definition) is 1. The van der Waals surface area contributed by atoms with E-state index in [4.69, 9.17) is 4.74 Å². The fraction of sp³-hybridized carbons (Fsp3) is 0.400. The standard InChI is InChI=1S/C15H21N3O/c1-11(2)9-18-10-12(3)16-15(18)17-13-5-7-14(19-4)8-6-13/h5-8,10-11H,9H2,1-4H3,(H,16,17). The Morgan fingerprint density at radius 1 is 1.26 bits per heavy atom. The predicted octanol–water partition coefficient (Wildman–Crippen LogP) is 3.60. The Balaban J connectivity index is 2.17. The van der Waals surface area contributed by atoms with Crippen molar-refractivity contribution in [1.82, 2.24) is 9.55 Å². The molecule has 2 aromatic rings. The summed E-state index contributed by atoms with van der Waals surface area (Å²) in [5.41, 5.74) is 2.04. The van der Waals surface area contributed by atoms with E-state index in [1.54, 1.807) is 7.11 Å². The summed E-state index contributed by atoms with van der Waals surface area (Å²) < 4.78 is 7.31. The number of rotatable bonds is 5. The lowest BCUT2D eigenvalue weighted by molar-refractivity contribution is 0.415. The molecule has 1 aromatic heterocycles. The third-order valence-corrected chi connectivity index (χ3v) is 2.80. The van der Waals surface area contributed by atoms with Crippen LogP contribution < -0.4 is 10.1 Å². The van der Waals surface area contributed by atoms with Gasteiger partial charge in [0, 0.05) is 18.4 Å². The number of aromatic nitrogens is 2. The number of hydrogen-bond acceptors (Lipinski definition) is 3. The third kappa shape index (κ3) is 3.50. The van der Waals surface area contributed by atoms with Crippen LogP contribution in [-0.2, 0) is 6.54 Å². The van der Waals surface area contributed by atoms with E-state index in [9.17, 15) is 0 Å². The Hall–Kier alpha value is -1.97. The molecular formula is C15H21N3O. The van der Waals surface area contributed by atoms with Gasteiger partial charge in [-0.1, -0.05) is 13.8 Å². The number of methoxy groups -OCH3 is 1. The highest BCUT2D eigenvalue weighted by Gasteiger charge is 2.07. The number of aryl methyl sites for hydroxylation is 1. The Labute approximate surface area is 114 Å². The zero-order valence-electron chi connectivity index (χ0n) is 12.0. The summed E-state index contributed by atoms with van der Waals surface area (Å²) in [6.45, 7) is 7.37. The highest BCUT2D eigenvalue weighted by atomic mass is 16.5. The van der Waals surface area contributed by atoms with Crippen molar-refractivity contribution < 1.29 is 4.74 Å². The van der Waals surface area contributed by atoms with E-state index in [1.807, 2.05) is 31.2 Å². The van der Waals surface area contributed by atoms with Gasteiger partial charge in [-0.3, -0.25) is 0 Å². The summed E-state index contributed by atoms with van der Waals surface area (Å²) in [6, 6.07) is 7.85. The minimum atomic E-state index is 0.588. The summed E-state index contributed by atoms with van der Waals surface area (Å²) >= 11 is 0. The van der Waals surface area contributed by atoms with Crippen LogP contribution in [-0.4, -0.2) is 16.7 Å². The lowest BCUT2D eigenvalue weighted by atomic mass is 10.2. The van der Waals surface area contributed by atoms with Crippen molar-refractivity contribution in [2.45, 2.75) is 27.3 Å². The van der Waals surface area contributed by atoms with Crippen molar-refractivity contribution in [1.29, 1.82) is 0 Å². The van der Waals surface area contributed by atoms with Crippen molar-refractivity contribution >= 4 is 11.6 Å². The number of ether oxygens (including phenoxy) is 1. The van der Waals surface area contributed by atoms with Crippen molar-refractivity contribution in [3.8, 4) is 5.75 Å². The van der Waals surface area contributed by atoms with Crippen molar-refractivity contribution in [3.05, 3.63) is 36.2 Å². The normalized spacial score (nSPS) is 10.8. The van der Waals surface area contributed by atoms with Gasteiger partial charge in [-0.05, 0) is 37.1 Å². The van der Waals surface area contributed by atoms with E-state index in [-0.39, 0.29) is 0 Å². The van der Waals surface area contributed by atoms with Gasteiger partial charge in [-0.2, -0.15) is 0 Å². The quantitative estimate of drug-likeness (QED) is 0.891. The molecule has 0 aliphatic rings. The molecule has 0 atom stereocenters. The van der Waals surface area contributed by atoms with Crippen LogP contribution in [0.15, 0.2) is 30.5 Å². The molecule has 4 heteroatoms. The lowest BCUT2D eigenvalue weighted by Gasteiger charge is -2.12. The molecule has 102 valence electrons. The molecule has 2 rings (SSSR count).